The first-order valence-corrected chi connectivity index (χ1v) is 15.8. The summed E-state index contributed by atoms with van der Waals surface area (Å²) in [4.78, 5) is 11.9. The summed E-state index contributed by atoms with van der Waals surface area (Å²) in [6.07, 6.45) is 23.6. The molecule has 0 aromatic heterocycles. The van der Waals surface area contributed by atoms with E-state index in [1.54, 1.807) is 0 Å². The molecule has 0 saturated carbocycles. The summed E-state index contributed by atoms with van der Waals surface area (Å²) in [5.74, 6) is 0. The number of allylic oxidation sites excluding steroid dienone is 2. The van der Waals surface area contributed by atoms with Crippen LogP contribution in [0.5, 0.6) is 0 Å². The minimum atomic E-state index is -4.32. The van der Waals surface area contributed by atoms with E-state index in [0.717, 1.165) is 12.8 Å². The van der Waals surface area contributed by atoms with Gasteiger partial charge >= 0.3 is 0 Å². The van der Waals surface area contributed by atoms with Crippen LogP contribution >= 0.6 is 7.82 Å². The molecule has 0 aliphatic carbocycles. The van der Waals surface area contributed by atoms with Crippen LogP contribution in [0.25, 0.3) is 0 Å². The van der Waals surface area contributed by atoms with Gasteiger partial charge in [-0.15, -0.1) is 0 Å². The van der Waals surface area contributed by atoms with Gasteiger partial charge in [0.2, 0.25) is 0 Å². The normalized spacial score (nSPS) is 14.9. The third-order valence-electron chi connectivity index (χ3n) is 6.12. The molecule has 0 aromatic carbocycles. The van der Waals surface area contributed by atoms with Crippen molar-refractivity contribution in [2.24, 2.45) is 0 Å². The van der Waals surface area contributed by atoms with Crippen LogP contribution in [-0.2, 0) is 23.1 Å². The largest absolute Gasteiger partial charge is 0.756 e. The third kappa shape index (κ3) is 26.8. The summed E-state index contributed by atoms with van der Waals surface area (Å²) in [7, 11) is 3.10. The second-order valence-electron chi connectivity index (χ2n) is 10.8. The minimum Gasteiger partial charge on any atom is -0.756 e. The zero-order valence-electron chi connectivity index (χ0n) is 24.2. The van der Waals surface area contributed by atoms with Crippen molar-refractivity contribution in [1.82, 2.24) is 0 Å². The highest BCUT2D eigenvalue weighted by Gasteiger charge is 2.16. The van der Waals surface area contributed by atoms with Crippen molar-refractivity contribution in [1.29, 1.82) is 0 Å². The molecule has 0 N–H and O–H groups in total. The predicted octanol–water partition coefficient (Wildman–Crippen LogP) is 6.65. The fourth-order valence-corrected chi connectivity index (χ4v) is 4.39. The van der Waals surface area contributed by atoms with Crippen LogP contribution < -0.4 is 4.89 Å². The fraction of sp³-hybridized carbons (Fsp3) is 0.929. The van der Waals surface area contributed by atoms with Gasteiger partial charge in [-0.1, -0.05) is 83.3 Å². The van der Waals surface area contributed by atoms with Crippen LogP contribution in [0, 0.1) is 0 Å². The van der Waals surface area contributed by atoms with E-state index in [1.165, 1.54) is 90.6 Å². The average Bonchev–Trinajstić information content (AvgIpc) is 2.81. The molecular formula is C28H58NO6P. The van der Waals surface area contributed by atoms with Gasteiger partial charge in [-0.3, -0.25) is 4.57 Å². The summed E-state index contributed by atoms with van der Waals surface area (Å²) in [6, 6.07) is 0. The number of ether oxygens (including phenoxy) is 2. The van der Waals surface area contributed by atoms with Crippen LogP contribution in [0.15, 0.2) is 12.2 Å². The number of rotatable bonds is 27. The smallest absolute Gasteiger partial charge is 0.268 e. The lowest BCUT2D eigenvalue weighted by atomic mass is 10.1. The maximum atomic E-state index is 11.9. The van der Waals surface area contributed by atoms with Crippen LogP contribution in [0.2, 0.25) is 0 Å². The summed E-state index contributed by atoms with van der Waals surface area (Å²) < 4.78 is 33.3. The molecule has 0 bridgehead atoms. The third-order valence-corrected chi connectivity index (χ3v) is 7.08. The topological polar surface area (TPSA) is 77.1 Å². The molecule has 216 valence electrons. The number of likely N-dealkylation sites (N-methyl/N-ethyl adjacent to an activating group) is 1. The molecule has 0 radical (unpaired) electrons. The highest BCUT2D eigenvalue weighted by atomic mass is 31.2. The van der Waals surface area contributed by atoms with Crippen molar-refractivity contribution in [3.8, 4) is 0 Å². The number of hydrogen-bond donors (Lipinski definition) is 0. The monoisotopic (exact) mass is 535 g/mol. The number of phosphoric ester groups is 1. The number of hydrogen-bond acceptors (Lipinski definition) is 6. The first-order valence-electron chi connectivity index (χ1n) is 14.4. The van der Waals surface area contributed by atoms with E-state index in [0.29, 0.717) is 24.2 Å². The second kappa shape index (κ2) is 23.8. The Balaban J connectivity index is 3.52. The molecule has 0 aliphatic rings. The van der Waals surface area contributed by atoms with E-state index in [2.05, 4.69) is 19.1 Å². The number of unbranched alkanes of at least 4 members (excludes halogenated alkanes) is 13. The van der Waals surface area contributed by atoms with E-state index < -0.39 is 13.9 Å². The Morgan fingerprint density at radius 2 is 1.28 bits per heavy atom. The van der Waals surface area contributed by atoms with Crippen molar-refractivity contribution in [2.45, 2.75) is 109 Å². The Labute approximate surface area is 223 Å². The molecule has 0 heterocycles. The van der Waals surface area contributed by atoms with Crippen LogP contribution in [-0.4, -0.2) is 71.8 Å². The van der Waals surface area contributed by atoms with E-state index in [-0.39, 0.29) is 13.2 Å². The van der Waals surface area contributed by atoms with Crippen molar-refractivity contribution in [3.05, 3.63) is 12.2 Å². The zero-order chi connectivity index (χ0) is 27.0. The molecule has 2 atom stereocenters. The fourth-order valence-electron chi connectivity index (χ4n) is 3.67. The molecule has 0 aromatic rings. The Kier molecular flexibility index (Phi) is 23.6. The highest BCUT2D eigenvalue weighted by molar-refractivity contribution is 7.45. The van der Waals surface area contributed by atoms with Gasteiger partial charge in [0.15, 0.2) is 0 Å². The van der Waals surface area contributed by atoms with Crippen LogP contribution in [0.3, 0.4) is 0 Å². The molecular weight excluding hydrogens is 477 g/mol. The molecule has 0 saturated heterocycles. The lowest BCUT2D eigenvalue weighted by molar-refractivity contribution is -0.870. The van der Waals surface area contributed by atoms with Gasteiger partial charge in [-0.25, -0.2) is 0 Å². The van der Waals surface area contributed by atoms with Gasteiger partial charge in [0.05, 0.1) is 34.4 Å². The first-order chi connectivity index (χ1) is 17.2. The first kappa shape index (κ1) is 35.7. The van der Waals surface area contributed by atoms with Gasteiger partial charge < -0.3 is 27.9 Å². The number of phosphoric acid groups is 1. The quantitative estimate of drug-likeness (QED) is 0.0507. The van der Waals surface area contributed by atoms with Gasteiger partial charge in [0, 0.05) is 13.7 Å². The number of methoxy groups -OCH3 is 1. The van der Waals surface area contributed by atoms with E-state index in [4.69, 9.17) is 18.5 Å². The van der Waals surface area contributed by atoms with Crippen LogP contribution in [0.1, 0.15) is 103 Å². The van der Waals surface area contributed by atoms with Crippen molar-refractivity contribution >= 4 is 7.82 Å². The number of quaternary nitrogens is 1. The second-order valence-corrected chi connectivity index (χ2v) is 12.2. The molecule has 0 spiro atoms. The lowest BCUT2D eigenvalue weighted by Crippen LogP contribution is -2.37. The summed E-state index contributed by atoms with van der Waals surface area (Å²) in [6.45, 7) is 3.79. The Morgan fingerprint density at radius 1 is 0.750 bits per heavy atom. The summed E-state index contributed by atoms with van der Waals surface area (Å²) in [5, 5.41) is 0. The standard InChI is InChI=1S/C28H58NO6P/c1-6-7-8-9-10-11-12-13-14-15-16-17-18-19-20-21-22-24-33-26-28(32-5)27-35-36(30,31)34-25-23-29(2,3)4/h13-14,28H,6-12,15-27H2,1-5H3/b14-13-/t28-/m1/s1. The molecule has 0 aliphatic heterocycles. The van der Waals surface area contributed by atoms with Gasteiger partial charge in [-0.2, -0.15) is 0 Å². The molecule has 8 heteroatoms. The Morgan fingerprint density at radius 3 is 1.81 bits per heavy atom. The van der Waals surface area contributed by atoms with Crippen LogP contribution in [0.4, 0.5) is 0 Å². The minimum absolute atomic E-state index is 0.0920. The van der Waals surface area contributed by atoms with Crippen molar-refractivity contribution in [2.75, 3.05) is 61.2 Å². The average molecular weight is 536 g/mol. The molecule has 0 fully saturated rings. The maximum Gasteiger partial charge on any atom is 0.268 e. The summed E-state index contributed by atoms with van der Waals surface area (Å²) in [5.41, 5.74) is 0. The molecule has 7 nitrogen and oxygen atoms in total. The van der Waals surface area contributed by atoms with Gasteiger partial charge in [0.25, 0.3) is 7.82 Å². The maximum absolute atomic E-state index is 11.9. The molecule has 36 heavy (non-hydrogen) atoms. The zero-order valence-corrected chi connectivity index (χ0v) is 25.1. The number of nitrogens with zero attached hydrogens (tertiary/aromatic N) is 1. The van der Waals surface area contributed by atoms with Gasteiger partial charge in [0.1, 0.15) is 19.3 Å². The Hall–Kier alpha value is -0.270. The van der Waals surface area contributed by atoms with E-state index >= 15 is 0 Å². The summed E-state index contributed by atoms with van der Waals surface area (Å²) >= 11 is 0. The van der Waals surface area contributed by atoms with Crippen molar-refractivity contribution < 1.29 is 32.5 Å². The molecule has 0 amide bonds. The van der Waals surface area contributed by atoms with E-state index in [1.807, 2.05) is 21.1 Å². The van der Waals surface area contributed by atoms with Crippen molar-refractivity contribution in [3.63, 3.8) is 0 Å². The molecule has 1 unspecified atom stereocenters. The lowest BCUT2D eigenvalue weighted by Gasteiger charge is -2.28. The SMILES string of the molecule is CCCCCCCC/C=C\CCCCCCCCCOC[C@H](COP(=O)([O-])OCC[N+](C)(C)C)OC. The Bertz CT molecular complexity index is 553. The predicted molar refractivity (Wildman–Crippen MR) is 148 cm³/mol. The van der Waals surface area contributed by atoms with Gasteiger partial charge in [-0.05, 0) is 32.1 Å². The highest BCUT2D eigenvalue weighted by Crippen LogP contribution is 2.38. The molecule has 0 rings (SSSR count). The van der Waals surface area contributed by atoms with E-state index in [9.17, 15) is 9.46 Å².